The van der Waals surface area contributed by atoms with E-state index >= 15 is 0 Å². The fraction of sp³-hybridized carbons (Fsp3) is 0.292. The van der Waals surface area contributed by atoms with Crippen LogP contribution in [0, 0.1) is 17.6 Å². The van der Waals surface area contributed by atoms with Gasteiger partial charge in [0, 0.05) is 37.3 Å². The number of carbonyl (C=O) groups excluding carboxylic acids is 2. The largest absolute Gasteiger partial charge is 0.355 e. The number of hydrogen-bond acceptors (Lipinski definition) is 4. The van der Waals surface area contributed by atoms with Crippen molar-refractivity contribution in [3.8, 4) is 11.3 Å². The first-order valence-electron chi connectivity index (χ1n) is 11.0. The van der Waals surface area contributed by atoms with E-state index in [1.54, 1.807) is 23.1 Å². The van der Waals surface area contributed by atoms with E-state index in [1.807, 2.05) is 4.57 Å². The third-order valence-electron chi connectivity index (χ3n) is 6.20. The highest BCUT2D eigenvalue weighted by Gasteiger charge is 2.32. The highest BCUT2D eigenvalue weighted by Crippen LogP contribution is 2.34. The summed E-state index contributed by atoms with van der Waals surface area (Å²) in [7, 11) is 0. The first-order valence-corrected chi connectivity index (χ1v) is 11.4. The second-order valence-electron chi connectivity index (χ2n) is 8.44. The summed E-state index contributed by atoms with van der Waals surface area (Å²) in [5, 5.41) is 6.01. The van der Waals surface area contributed by atoms with E-state index in [1.165, 1.54) is 24.3 Å². The molecule has 1 fully saturated rings. The number of nitrogens with one attached hydrogen (secondary N) is 2. The number of imidazole rings is 1. The molecule has 5 rings (SSSR count). The minimum Gasteiger partial charge on any atom is -0.355 e. The minimum absolute atomic E-state index is 0.00753. The summed E-state index contributed by atoms with van der Waals surface area (Å²) < 4.78 is 29.5. The molecule has 176 valence electrons. The Kier molecular flexibility index (Phi) is 5.95. The fourth-order valence-electron chi connectivity index (χ4n) is 4.37. The van der Waals surface area contributed by atoms with Gasteiger partial charge in [-0.15, -0.1) is 0 Å². The van der Waals surface area contributed by atoms with Crippen molar-refractivity contribution in [1.82, 2.24) is 19.8 Å². The highest BCUT2D eigenvalue weighted by atomic mass is 35.5. The molecule has 1 atom stereocenters. The van der Waals surface area contributed by atoms with Crippen LogP contribution < -0.4 is 10.6 Å². The minimum atomic E-state index is -0.551. The van der Waals surface area contributed by atoms with E-state index < -0.39 is 5.82 Å². The van der Waals surface area contributed by atoms with Gasteiger partial charge < -0.3 is 20.1 Å². The van der Waals surface area contributed by atoms with Crippen LogP contribution in [0.4, 0.5) is 20.3 Å². The molecule has 0 aliphatic carbocycles. The van der Waals surface area contributed by atoms with Crippen molar-refractivity contribution >= 4 is 34.9 Å². The standard InChI is InChI=1S/C24H22ClF2N5O2/c25-18-7-6-17(11-19(18)27)29-23-22(14-1-4-16(26)5-2-14)30-20-13-31(9-10-32(20)23)24(34)15-3-8-21(33)28-12-15/h1-2,4-7,11,15,29H,3,8-10,12-13H2,(H,28,33). The van der Waals surface area contributed by atoms with Crippen molar-refractivity contribution < 1.29 is 18.4 Å². The Morgan fingerprint density at radius 1 is 1.15 bits per heavy atom. The van der Waals surface area contributed by atoms with Gasteiger partial charge in [0.2, 0.25) is 11.8 Å². The predicted octanol–water partition coefficient (Wildman–Crippen LogP) is 4.09. The van der Waals surface area contributed by atoms with Crippen LogP contribution in [0.1, 0.15) is 18.7 Å². The number of rotatable bonds is 4. The number of aromatic nitrogens is 2. The lowest BCUT2D eigenvalue weighted by Gasteiger charge is -2.32. The summed E-state index contributed by atoms with van der Waals surface area (Å²) >= 11 is 5.82. The molecule has 7 nitrogen and oxygen atoms in total. The maximum atomic E-state index is 14.0. The van der Waals surface area contributed by atoms with Crippen LogP contribution in [0.15, 0.2) is 42.5 Å². The SMILES string of the molecule is O=C1CCC(C(=O)N2CCn3c(nc(-c4ccc(F)cc4)c3Nc3ccc(Cl)c(F)c3)C2)CN1. The zero-order chi connectivity index (χ0) is 23.8. The molecule has 1 saturated heterocycles. The molecule has 1 aromatic heterocycles. The molecule has 0 saturated carbocycles. The maximum Gasteiger partial charge on any atom is 0.227 e. The summed E-state index contributed by atoms with van der Waals surface area (Å²) in [6.45, 7) is 1.60. The summed E-state index contributed by atoms with van der Waals surface area (Å²) in [5.41, 5.74) is 1.75. The van der Waals surface area contributed by atoms with Crippen molar-refractivity contribution in [2.45, 2.75) is 25.9 Å². The van der Waals surface area contributed by atoms with E-state index in [0.29, 0.717) is 67.6 Å². The number of amides is 2. The predicted molar refractivity (Wildman–Crippen MR) is 123 cm³/mol. The van der Waals surface area contributed by atoms with Crippen molar-refractivity contribution in [1.29, 1.82) is 0 Å². The Balaban J connectivity index is 1.47. The fourth-order valence-corrected chi connectivity index (χ4v) is 4.49. The summed E-state index contributed by atoms with van der Waals surface area (Å²) in [6.07, 6.45) is 0.880. The van der Waals surface area contributed by atoms with Crippen molar-refractivity contribution in [3.05, 3.63) is 64.9 Å². The number of carbonyl (C=O) groups is 2. The zero-order valence-electron chi connectivity index (χ0n) is 18.2. The molecule has 2 aliphatic heterocycles. The van der Waals surface area contributed by atoms with Crippen LogP contribution in [0.5, 0.6) is 0 Å². The number of anilines is 2. The Hall–Kier alpha value is -3.46. The lowest BCUT2D eigenvalue weighted by molar-refractivity contribution is -0.138. The monoisotopic (exact) mass is 485 g/mol. The van der Waals surface area contributed by atoms with Gasteiger partial charge in [0.05, 0.1) is 17.5 Å². The van der Waals surface area contributed by atoms with E-state index in [2.05, 4.69) is 10.6 Å². The lowest BCUT2D eigenvalue weighted by Crippen LogP contribution is -2.47. The Morgan fingerprint density at radius 2 is 1.94 bits per heavy atom. The molecule has 34 heavy (non-hydrogen) atoms. The van der Waals surface area contributed by atoms with Gasteiger partial charge in [-0.3, -0.25) is 9.59 Å². The molecule has 3 heterocycles. The van der Waals surface area contributed by atoms with Crippen LogP contribution in [0.25, 0.3) is 11.3 Å². The lowest BCUT2D eigenvalue weighted by atomic mass is 9.97. The average Bonchev–Trinajstić information content (AvgIpc) is 3.19. The van der Waals surface area contributed by atoms with E-state index in [-0.39, 0.29) is 28.6 Å². The van der Waals surface area contributed by atoms with E-state index in [4.69, 9.17) is 16.6 Å². The average molecular weight is 486 g/mol. The Morgan fingerprint density at radius 3 is 2.65 bits per heavy atom. The molecule has 2 N–H and O–H groups in total. The van der Waals surface area contributed by atoms with Gasteiger partial charge in [-0.05, 0) is 48.9 Å². The Labute approximate surface area is 199 Å². The summed E-state index contributed by atoms with van der Waals surface area (Å²) in [4.78, 5) is 31.0. The molecule has 1 unspecified atom stereocenters. The smallest absolute Gasteiger partial charge is 0.227 e. The van der Waals surface area contributed by atoms with Crippen LogP contribution in [-0.2, 0) is 22.7 Å². The van der Waals surface area contributed by atoms with Gasteiger partial charge in [0.1, 0.15) is 29.0 Å². The van der Waals surface area contributed by atoms with Gasteiger partial charge in [-0.25, -0.2) is 13.8 Å². The van der Waals surface area contributed by atoms with Crippen molar-refractivity contribution in [3.63, 3.8) is 0 Å². The maximum absolute atomic E-state index is 14.0. The van der Waals surface area contributed by atoms with Crippen LogP contribution in [0.3, 0.4) is 0 Å². The molecule has 10 heteroatoms. The molecule has 0 radical (unpaired) electrons. The zero-order valence-corrected chi connectivity index (χ0v) is 18.9. The van der Waals surface area contributed by atoms with Crippen LogP contribution >= 0.6 is 11.6 Å². The number of benzene rings is 2. The third kappa shape index (κ3) is 4.35. The number of nitrogens with zero attached hydrogens (tertiary/aromatic N) is 3. The number of fused-ring (bicyclic) bond motifs is 1. The first kappa shape index (κ1) is 22.3. The van der Waals surface area contributed by atoms with Gasteiger partial charge in [0.15, 0.2) is 0 Å². The second-order valence-corrected chi connectivity index (χ2v) is 8.84. The number of hydrogen-bond donors (Lipinski definition) is 2. The first-order chi connectivity index (χ1) is 16.4. The number of piperidine rings is 1. The third-order valence-corrected chi connectivity index (χ3v) is 6.51. The highest BCUT2D eigenvalue weighted by molar-refractivity contribution is 6.30. The topological polar surface area (TPSA) is 79.3 Å². The summed E-state index contributed by atoms with van der Waals surface area (Å²) in [5.74, 6) is 0.0907. The van der Waals surface area contributed by atoms with Gasteiger partial charge >= 0.3 is 0 Å². The molecule has 0 spiro atoms. The second kappa shape index (κ2) is 9.06. The van der Waals surface area contributed by atoms with E-state index in [0.717, 1.165) is 0 Å². The van der Waals surface area contributed by atoms with Gasteiger partial charge in [-0.1, -0.05) is 11.6 Å². The molecule has 0 bridgehead atoms. The van der Waals surface area contributed by atoms with E-state index in [9.17, 15) is 18.4 Å². The van der Waals surface area contributed by atoms with Gasteiger partial charge in [-0.2, -0.15) is 0 Å². The molecular weight excluding hydrogens is 464 g/mol. The number of halogens is 3. The van der Waals surface area contributed by atoms with Crippen LogP contribution in [-0.4, -0.2) is 39.4 Å². The van der Waals surface area contributed by atoms with Crippen molar-refractivity contribution in [2.24, 2.45) is 5.92 Å². The summed E-state index contributed by atoms with van der Waals surface area (Å²) in [6, 6.07) is 10.4. The van der Waals surface area contributed by atoms with Crippen LogP contribution in [0.2, 0.25) is 5.02 Å². The van der Waals surface area contributed by atoms with Gasteiger partial charge in [0.25, 0.3) is 0 Å². The quantitative estimate of drug-likeness (QED) is 0.583. The molecule has 2 amide bonds. The van der Waals surface area contributed by atoms with Crippen molar-refractivity contribution in [2.75, 3.05) is 18.4 Å². The molecule has 2 aliphatic rings. The molecule has 2 aromatic carbocycles. The Bertz CT molecular complexity index is 1250. The molecule has 3 aromatic rings. The normalized spacial score (nSPS) is 17.8. The molecular formula is C24H22ClF2N5O2.